The van der Waals surface area contributed by atoms with E-state index in [1.165, 1.54) is 11.1 Å². The molecular weight excluding hydrogens is 184 g/mol. The van der Waals surface area contributed by atoms with Gasteiger partial charge in [-0.15, -0.1) is 0 Å². The zero-order valence-electron chi connectivity index (χ0n) is 8.51. The van der Waals surface area contributed by atoms with Crippen molar-refractivity contribution in [3.05, 3.63) is 34.9 Å². The summed E-state index contributed by atoms with van der Waals surface area (Å²) in [5, 5.41) is 11.8. The van der Waals surface area contributed by atoms with Gasteiger partial charge in [-0.25, -0.2) is 0 Å². The molecule has 1 aliphatic heterocycles. The molecule has 1 aliphatic rings. The Morgan fingerprint density at radius 1 is 1.40 bits per heavy atom. The maximum atomic E-state index is 8.42. The molecule has 0 bridgehead atoms. The number of nitrogens with zero attached hydrogens (tertiary/aromatic N) is 1. The van der Waals surface area contributed by atoms with Crippen LogP contribution in [0.1, 0.15) is 23.1 Å². The average Bonchev–Trinajstić information content (AvgIpc) is 2.30. The van der Waals surface area contributed by atoms with Gasteiger partial charge in [0.15, 0.2) is 0 Å². The van der Waals surface area contributed by atoms with E-state index in [1.54, 1.807) is 0 Å². The van der Waals surface area contributed by atoms with E-state index in [0.717, 1.165) is 25.1 Å². The monoisotopic (exact) mass is 196 g/mol. The van der Waals surface area contributed by atoms with E-state index < -0.39 is 0 Å². The van der Waals surface area contributed by atoms with Crippen molar-refractivity contribution >= 4 is 0 Å². The molecule has 74 valence electrons. The maximum Gasteiger partial charge on any atom is 0.0966 e. The molecule has 0 amide bonds. The highest BCUT2D eigenvalue weighted by molar-refractivity contribution is 5.46. The fourth-order valence-electron chi connectivity index (χ4n) is 1.83. The molecule has 0 unspecified atom stereocenters. The molecule has 1 heterocycles. The largest absolute Gasteiger partial charge is 0.312 e. The minimum Gasteiger partial charge on any atom is -0.312 e. The molecule has 1 N–H and O–H groups in total. The molecule has 2 nitrogen and oxygen atoms in total. The number of fused-ring (bicyclic) bond motifs is 1. The summed E-state index contributed by atoms with van der Waals surface area (Å²) in [5.74, 6) is 5.94. The zero-order chi connectivity index (χ0) is 10.5. The van der Waals surface area contributed by atoms with Crippen molar-refractivity contribution in [3.63, 3.8) is 0 Å². The lowest BCUT2D eigenvalue weighted by atomic mass is 9.96. The van der Waals surface area contributed by atoms with Gasteiger partial charge in [0.05, 0.1) is 12.5 Å². The van der Waals surface area contributed by atoms with Crippen molar-refractivity contribution in [2.45, 2.75) is 19.4 Å². The van der Waals surface area contributed by atoms with Crippen LogP contribution in [0.4, 0.5) is 0 Å². The Balaban J connectivity index is 2.33. The van der Waals surface area contributed by atoms with Gasteiger partial charge in [-0.3, -0.25) is 0 Å². The lowest BCUT2D eigenvalue weighted by Crippen LogP contribution is -2.24. The topological polar surface area (TPSA) is 35.8 Å². The van der Waals surface area contributed by atoms with Crippen molar-refractivity contribution in [3.8, 4) is 17.9 Å². The minimum absolute atomic E-state index is 0.307. The quantitative estimate of drug-likeness (QED) is 0.640. The van der Waals surface area contributed by atoms with Crippen LogP contribution in [0.3, 0.4) is 0 Å². The number of nitriles is 1. The number of benzene rings is 1. The van der Waals surface area contributed by atoms with E-state index in [0.29, 0.717) is 6.42 Å². The molecule has 0 spiro atoms. The van der Waals surface area contributed by atoms with Crippen molar-refractivity contribution in [1.82, 2.24) is 5.32 Å². The molecule has 1 aromatic carbocycles. The summed E-state index contributed by atoms with van der Waals surface area (Å²) in [6.45, 7) is 1.95. The maximum absolute atomic E-state index is 8.42. The van der Waals surface area contributed by atoms with Gasteiger partial charge in [0.2, 0.25) is 0 Å². The standard InChI is InChI=1S/C13H12N2/c14-8-2-1-4-11-5-3-6-12-10-15-9-7-13(11)12/h3,5-6,15H,2,7,9-10H2. The van der Waals surface area contributed by atoms with Crippen LogP contribution in [0.2, 0.25) is 0 Å². The van der Waals surface area contributed by atoms with Gasteiger partial charge < -0.3 is 5.32 Å². The molecule has 2 rings (SSSR count). The summed E-state index contributed by atoms with van der Waals surface area (Å²) in [4.78, 5) is 0. The van der Waals surface area contributed by atoms with Gasteiger partial charge >= 0.3 is 0 Å². The van der Waals surface area contributed by atoms with Crippen molar-refractivity contribution in [2.24, 2.45) is 0 Å². The number of hydrogen-bond acceptors (Lipinski definition) is 2. The van der Waals surface area contributed by atoms with Gasteiger partial charge in [-0.05, 0) is 30.2 Å². The Morgan fingerprint density at radius 2 is 2.33 bits per heavy atom. The van der Waals surface area contributed by atoms with Crippen LogP contribution in [0, 0.1) is 23.2 Å². The van der Waals surface area contributed by atoms with Crippen molar-refractivity contribution in [2.75, 3.05) is 6.54 Å². The molecule has 15 heavy (non-hydrogen) atoms. The second-order valence-electron chi connectivity index (χ2n) is 3.51. The molecule has 0 saturated heterocycles. The molecule has 0 radical (unpaired) electrons. The Labute approximate surface area is 89.9 Å². The fourth-order valence-corrected chi connectivity index (χ4v) is 1.83. The van der Waals surface area contributed by atoms with Gasteiger partial charge in [0, 0.05) is 12.1 Å². The average molecular weight is 196 g/mol. The highest BCUT2D eigenvalue weighted by atomic mass is 14.9. The van der Waals surface area contributed by atoms with Crippen molar-refractivity contribution in [1.29, 1.82) is 5.26 Å². The number of hydrogen-bond donors (Lipinski definition) is 1. The highest BCUT2D eigenvalue weighted by Gasteiger charge is 2.10. The van der Waals surface area contributed by atoms with Crippen LogP contribution >= 0.6 is 0 Å². The summed E-state index contributed by atoms with van der Waals surface area (Å²) < 4.78 is 0. The van der Waals surface area contributed by atoms with Crippen LogP contribution in [-0.4, -0.2) is 6.54 Å². The minimum atomic E-state index is 0.307. The first-order chi connectivity index (χ1) is 7.42. The zero-order valence-corrected chi connectivity index (χ0v) is 8.51. The Bertz CT molecular complexity index is 458. The molecule has 0 atom stereocenters. The van der Waals surface area contributed by atoms with Gasteiger partial charge in [-0.2, -0.15) is 5.26 Å². The predicted molar refractivity (Wildman–Crippen MR) is 59.0 cm³/mol. The molecular formula is C13H12N2. The van der Waals surface area contributed by atoms with Gasteiger partial charge in [-0.1, -0.05) is 24.0 Å². The smallest absolute Gasteiger partial charge is 0.0966 e. The summed E-state index contributed by atoms with van der Waals surface area (Å²) in [5.41, 5.74) is 3.77. The Morgan fingerprint density at radius 3 is 3.20 bits per heavy atom. The van der Waals surface area contributed by atoms with E-state index in [2.05, 4.69) is 23.2 Å². The van der Waals surface area contributed by atoms with Crippen LogP contribution in [0.15, 0.2) is 18.2 Å². The van der Waals surface area contributed by atoms with Crippen LogP contribution in [0.5, 0.6) is 0 Å². The highest BCUT2D eigenvalue weighted by Crippen LogP contribution is 2.17. The van der Waals surface area contributed by atoms with Crippen molar-refractivity contribution < 1.29 is 0 Å². The molecule has 0 saturated carbocycles. The molecule has 0 aliphatic carbocycles. The molecule has 1 aromatic rings. The van der Waals surface area contributed by atoms with Crippen LogP contribution in [0.25, 0.3) is 0 Å². The SMILES string of the molecule is N#CCC#Cc1cccc2c1CCNC2. The van der Waals surface area contributed by atoms with Gasteiger partial charge in [0.25, 0.3) is 0 Å². The second-order valence-corrected chi connectivity index (χ2v) is 3.51. The molecule has 0 aromatic heterocycles. The third-order valence-electron chi connectivity index (χ3n) is 2.53. The lowest BCUT2D eigenvalue weighted by molar-refractivity contribution is 0.643. The molecule has 0 fully saturated rings. The first-order valence-electron chi connectivity index (χ1n) is 5.09. The van der Waals surface area contributed by atoms with E-state index >= 15 is 0 Å². The lowest BCUT2D eigenvalue weighted by Gasteiger charge is -2.17. The Hall–Kier alpha value is -1.77. The number of rotatable bonds is 0. The summed E-state index contributed by atoms with van der Waals surface area (Å²) in [6, 6.07) is 8.23. The summed E-state index contributed by atoms with van der Waals surface area (Å²) >= 11 is 0. The van der Waals surface area contributed by atoms with Crippen LogP contribution in [-0.2, 0) is 13.0 Å². The third kappa shape index (κ3) is 2.18. The van der Waals surface area contributed by atoms with E-state index in [4.69, 9.17) is 5.26 Å². The first kappa shape index (κ1) is 9.77. The fraction of sp³-hybridized carbons (Fsp3) is 0.308. The van der Waals surface area contributed by atoms with E-state index in [-0.39, 0.29) is 0 Å². The van der Waals surface area contributed by atoms with E-state index in [1.807, 2.05) is 18.2 Å². The number of nitrogens with one attached hydrogen (secondary N) is 1. The third-order valence-corrected chi connectivity index (χ3v) is 2.53. The van der Waals surface area contributed by atoms with Gasteiger partial charge in [0.1, 0.15) is 0 Å². The second kappa shape index (κ2) is 4.64. The summed E-state index contributed by atoms with van der Waals surface area (Å²) in [6.07, 6.45) is 1.34. The molecule has 2 heteroatoms. The predicted octanol–water partition coefficient (Wildman–Crippen LogP) is 1.60. The van der Waals surface area contributed by atoms with Crippen LogP contribution < -0.4 is 5.32 Å². The normalized spacial score (nSPS) is 13.3. The first-order valence-corrected chi connectivity index (χ1v) is 5.09. The summed E-state index contributed by atoms with van der Waals surface area (Å²) in [7, 11) is 0. The Kier molecular flexibility index (Phi) is 3.02. The van der Waals surface area contributed by atoms with E-state index in [9.17, 15) is 0 Å².